The van der Waals surface area contributed by atoms with E-state index in [-0.39, 0.29) is 30.2 Å². The van der Waals surface area contributed by atoms with Crippen LogP contribution in [-0.2, 0) is 11.0 Å². The predicted molar refractivity (Wildman–Crippen MR) is 86.9 cm³/mol. The van der Waals surface area contributed by atoms with E-state index in [1.165, 1.54) is 0 Å². The van der Waals surface area contributed by atoms with Crippen LogP contribution in [0.2, 0.25) is 0 Å². The Balaban J connectivity index is 2.59. The molecule has 1 atom stereocenters. The van der Waals surface area contributed by atoms with Crippen LogP contribution in [-0.4, -0.2) is 36.1 Å². The number of nitrogens with one attached hydrogen (secondary N) is 2. The summed E-state index contributed by atoms with van der Waals surface area (Å²) in [5.41, 5.74) is -1.09. The maximum absolute atomic E-state index is 12.5. The van der Waals surface area contributed by atoms with Gasteiger partial charge in [-0.2, -0.15) is 13.2 Å². The van der Waals surface area contributed by atoms with Crippen molar-refractivity contribution in [2.75, 3.05) is 13.2 Å². The number of halogens is 3. The number of hydrogen-bond donors (Lipinski definition) is 3. The zero-order chi connectivity index (χ0) is 19.3. The van der Waals surface area contributed by atoms with Crippen molar-refractivity contribution in [3.63, 3.8) is 0 Å². The average Bonchev–Trinajstić information content (AvgIpc) is 2.50. The Morgan fingerprint density at radius 3 is 2.12 bits per heavy atom. The minimum absolute atomic E-state index is 0.0310. The lowest BCUT2D eigenvalue weighted by Gasteiger charge is -2.31. The van der Waals surface area contributed by atoms with Crippen molar-refractivity contribution >= 4 is 11.8 Å². The van der Waals surface area contributed by atoms with Crippen molar-refractivity contribution in [1.82, 2.24) is 10.6 Å². The quantitative estimate of drug-likeness (QED) is 0.729. The van der Waals surface area contributed by atoms with Gasteiger partial charge in [0.05, 0.1) is 12.1 Å². The third-order valence-corrected chi connectivity index (χ3v) is 3.68. The molecule has 8 heteroatoms. The second-order valence-electron chi connectivity index (χ2n) is 6.76. The number of aliphatic hydroxyl groups excluding tert-OH is 1. The molecule has 140 valence electrons. The van der Waals surface area contributed by atoms with Gasteiger partial charge < -0.3 is 15.7 Å². The minimum Gasteiger partial charge on any atom is -0.396 e. The van der Waals surface area contributed by atoms with Crippen LogP contribution in [0.3, 0.4) is 0 Å². The molecule has 0 aliphatic carbocycles. The summed E-state index contributed by atoms with van der Waals surface area (Å²) in [6.45, 7) is 5.34. The summed E-state index contributed by atoms with van der Waals surface area (Å²) >= 11 is 0. The van der Waals surface area contributed by atoms with Gasteiger partial charge in [-0.3, -0.25) is 9.59 Å². The normalized spacial score (nSPS) is 13.2. The van der Waals surface area contributed by atoms with E-state index in [9.17, 15) is 22.8 Å². The van der Waals surface area contributed by atoms with Crippen molar-refractivity contribution in [2.45, 2.75) is 39.4 Å². The predicted octanol–water partition coefficient (Wildman–Crippen LogP) is 2.35. The number of carbonyl (C=O) groups excluding carboxylic acids is 2. The fourth-order valence-corrected chi connectivity index (χ4v) is 2.17. The summed E-state index contributed by atoms with van der Waals surface area (Å²) < 4.78 is 37.5. The molecule has 5 nitrogen and oxygen atoms in total. The molecule has 0 radical (unpaired) electrons. The molecule has 0 unspecified atom stereocenters. The van der Waals surface area contributed by atoms with Crippen molar-refractivity contribution in [3.05, 3.63) is 35.4 Å². The zero-order valence-corrected chi connectivity index (χ0v) is 14.4. The molecule has 2 amide bonds. The monoisotopic (exact) mass is 360 g/mol. The van der Waals surface area contributed by atoms with Gasteiger partial charge in [-0.15, -0.1) is 0 Å². The van der Waals surface area contributed by atoms with Crippen LogP contribution in [0.4, 0.5) is 13.2 Å². The molecule has 0 aliphatic heterocycles. The van der Waals surface area contributed by atoms with Crippen LogP contribution < -0.4 is 10.6 Å². The van der Waals surface area contributed by atoms with Gasteiger partial charge in [0, 0.05) is 18.2 Å². The van der Waals surface area contributed by atoms with Crippen LogP contribution in [0.1, 0.15) is 43.1 Å². The molecule has 0 saturated carbocycles. The maximum atomic E-state index is 12.5. The molecule has 3 N–H and O–H groups in total. The van der Waals surface area contributed by atoms with Crippen LogP contribution in [0, 0.1) is 5.41 Å². The second-order valence-corrected chi connectivity index (χ2v) is 6.76. The molecule has 1 aromatic carbocycles. The largest absolute Gasteiger partial charge is 0.416 e. The molecule has 0 heterocycles. The van der Waals surface area contributed by atoms with E-state index in [1.807, 2.05) is 20.8 Å². The van der Waals surface area contributed by atoms with E-state index in [0.29, 0.717) is 6.42 Å². The van der Waals surface area contributed by atoms with E-state index < -0.39 is 23.6 Å². The third kappa shape index (κ3) is 6.74. The van der Waals surface area contributed by atoms with Gasteiger partial charge in [-0.25, -0.2) is 0 Å². The Kier molecular flexibility index (Phi) is 6.98. The molecule has 0 saturated heterocycles. The number of rotatable bonds is 6. The topological polar surface area (TPSA) is 78.4 Å². The van der Waals surface area contributed by atoms with Crippen molar-refractivity contribution < 1.29 is 27.9 Å². The van der Waals surface area contributed by atoms with Crippen LogP contribution in [0.5, 0.6) is 0 Å². The van der Waals surface area contributed by atoms with E-state index >= 15 is 0 Å². The lowest BCUT2D eigenvalue weighted by atomic mass is 9.85. The molecule has 0 fully saturated rings. The van der Waals surface area contributed by atoms with Gasteiger partial charge in [0.25, 0.3) is 5.91 Å². The van der Waals surface area contributed by atoms with E-state index in [0.717, 1.165) is 24.3 Å². The lowest BCUT2D eigenvalue weighted by Crippen LogP contribution is -2.47. The van der Waals surface area contributed by atoms with Gasteiger partial charge in [0.15, 0.2) is 0 Å². The molecule has 0 aromatic heterocycles. The van der Waals surface area contributed by atoms with Gasteiger partial charge in [-0.1, -0.05) is 20.8 Å². The smallest absolute Gasteiger partial charge is 0.396 e. The first-order valence-corrected chi connectivity index (χ1v) is 7.81. The standard InChI is InChI=1S/C17H23F3N2O3/c1-16(2,3)13(8-9-23)22-14(24)10-21-15(25)11-4-6-12(7-5-11)17(18,19)20/h4-7,13,23H,8-10H2,1-3H3,(H,21,25)(H,22,24)/t13-/m0/s1. The van der Waals surface area contributed by atoms with Crippen molar-refractivity contribution in [1.29, 1.82) is 0 Å². The van der Waals surface area contributed by atoms with Crippen molar-refractivity contribution in [3.8, 4) is 0 Å². The number of amides is 2. The summed E-state index contributed by atoms with van der Waals surface area (Å²) in [5, 5.41) is 14.2. The fourth-order valence-electron chi connectivity index (χ4n) is 2.17. The van der Waals surface area contributed by atoms with Gasteiger partial charge in [-0.05, 0) is 36.1 Å². The zero-order valence-electron chi connectivity index (χ0n) is 14.4. The Morgan fingerprint density at radius 2 is 1.68 bits per heavy atom. The Morgan fingerprint density at radius 1 is 1.12 bits per heavy atom. The van der Waals surface area contributed by atoms with E-state index in [2.05, 4.69) is 10.6 Å². The number of hydrogen-bond acceptors (Lipinski definition) is 3. The number of benzene rings is 1. The van der Waals surface area contributed by atoms with Crippen LogP contribution in [0.25, 0.3) is 0 Å². The summed E-state index contributed by atoms with van der Waals surface area (Å²) in [7, 11) is 0. The summed E-state index contributed by atoms with van der Waals surface area (Å²) in [6.07, 6.45) is -4.09. The summed E-state index contributed by atoms with van der Waals surface area (Å²) in [4.78, 5) is 23.8. The highest BCUT2D eigenvalue weighted by Crippen LogP contribution is 2.29. The molecule has 0 bridgehead atoms. The molecular weight excluding hydrogens is 337 g/mol. The SMILES string of the molecule is CC(C)(C)[C@H](CCO)NC(=O)CNC(=O)c1ccc(C(F)(F)F)cc1. The maximum Gasteiger partial charge on any atom is 0.416 e. The van der Waals surface area contributed by atoms with E-state index in [4.69, 9.17) is 5.11 Å². The molecule has 1 rings (SSSR count). The highest BCUT2D eigenvalue weighted by molar-refractivity contribution is 5.96. The number of alkyl halides is 3. The molecular formula is C17H23F3N2O3. The third-order valence-electron chi connectivity index (χ3n) is 3.68. The first kappa shape index (κ1) is 21.0. The van der Waals surface area contributed by atoms with Crippen LogP contribution >= 0.6 is 0 Å². The Bertz CT molecular complexity index is 593. The lowest BCUT2D eigenvalue weighted by molar-refractivity contribution is -0.137. The Labute approximate surface area is 144 Å². The van der Waals surface area contributed by atoms with Gasteiger partial charge in [0.1, 0.15) is 0 Å². The minimum atomic E-state index is -4.47. The summed E-state index contributed by atoms with van der Waals surface area (Å²) in [6, 6.07) is 3.46. The molecule has 0 spiro atoms. The second kappa shape index (κ2) is 8.33. The molecule has 25 heavy (non-hydrogen) atoms. The fraction of sp³-hybridized carbons (Fsp3) is 0.529. The Hall–Kier alpha value is -2.09. The first-order chi connectivity index (χ1) is 11.4. The van der Waals surface area contributed by atoms with Crippen LogP contribution in [0.15, 0.2) is 24.3 Å². The first-order valence-electron chi connectivity index (χ1n) is 7.81. The van der Waals surface area contributed by atoms with E-state index in [1.54, 1.807) is 0 Å². The summed E-state index contributed by atoms with van der Waals surface area (Å²) in [5.74, 6) is -1.08. The highest BCUT2D eigenvalue weighted by Gasteiger charge is 2.30. The molecule has 0 aliphatic rings. The van der Waals surface area contributed by atoms with Gasteiger partial charge >= 0.3 is 6.18 Å². The van der Waals surface area contributed by atoms with Gasteiger partial charge in [0.2, 0.25) is 5.91 Å². The highest BCUT2D eigenvalue weighted by atomic mass is 19.4. The number of aliphatic hydroxyl groups is 1. The molecule has 1 aromatic rings. The average molecular weight is 360 g/mol. The van der Waals surface area contributed by atoms with Crippen molar-refractivity contribution in [2.24, 2.45) is 5.41 Å². The number of carbonyl (C=O) groups is 2.